The highest BCUT2D eigenvalue weighted by Crippen LogP contribution is 2.39. The van der Waals surface area contributed by atoms with Crippen molar-refractivity contribution in [2.75, 3.05) is 18.4 Å². The van der Waals surface area contributed by atoms with E-state index in [-0.39, 0.29) is 30.6 Å². The van der Waals surface area contributed by atoms with Crippen molar-refractivity contribution in [2.45, 2.75) is 63.8 Å². The summed E-state index contributed by atoms with van der Waals surface area (Å²) in [5, 5.41) is 8.28. The van der Waals surface area contributed by atoms with Gasteiger partial charge in [0.2, 0.25) is 0 Å². The Morgan fingerprint density at radius 2 is 2.02 bits per heavy atom. The van der Waals surface area contributed by atoms with Gasteiger partial charge < -0.3 is 14.8 Å². The van der Waals surface area contributed by atoms with Gasteiger partial charge in [0.05, 0.1) is 25.1 Å². The summed E-state index contributed by atoms with van der Waals surface area (Å²) in [5.41, 5.74) is 5.37. The fraction of sp³-hybridized carbons (Fsp3) is 0.375. The molecule has 8 nitrogen and oxygen atoms in total. The molecule has 0 saturated carbocycles. The smallest absolute Gasteiger partial charge is 0.255 e. The lowest BCUT2D eigenvalue weighted by Crippen LogP contribution is -2.38. The van der Waals surface area contributed by atoms with E-state index in [1.165, 1.54) is 39.8 Å². The number of carbonyl (C=O) groups excluding carboxylic acids is 2. The van der Waals surface area contributed by atoms with Gasteiger partial charge in [0, 0.05) is 34.8 Å². The van der Waals surface area contributed by atoms with Crippen molar-refractivity contribution in [3.05, 3.63) is 87.7 Å². The molecule has 2 aromatic heterocycles. The summed E-state index contributed by atoms with van der Waals surface area (Å²) in [7, 11) is 0. The number of alkyl halides is 1. The molecule has 3 aliphatic heterocycles. The average Bonchev–Trinajstić information content (AvgIpc) is 3.81. The molecule has 2 amide bonds. The molecule has 0 spiro atoms. The maximum absolute atomic E-state index is 15.8. The van der Waals surface area contributed by atoms with Crippen LogP contribution in [0.15, 0.2) is 48.2 Å². The number of hydrogen-bond acceptors (Lipinski definition) is 6. The van der Waals surface area contributed by atoms with Gasteiger partial charge in [-0.2, -0.15) is 0 Å². The van der Waals surface area contributed by atoms with Crippen LogP contribution in [0.5, 0.6) is 0 Å². The molecular weight excluding hydrogens is 570 g/mol. The summed E-state index contributed by atoms with van der Waals surface area (Å²) in [6, 6.07) is 8.30. The highest BCUT2D eigenvalue weighted by molar-refractivity contribution is 7.13. The Balaban J connectivity index is 1.23. The molecule has 4 aromatic rings. The average molecular weight is 603 g/mol. The maximum Gasteiger partial charge on any atom is 0.255 e. The fourth-order valence-electron chi connectivity index (χ4n) is 6.77. The summed E-state index contributed by atoms with van der Waals surface area (Å²) in [4.78, 5) is 37.6. The van der Waals surface area contributed by atoms with E-state index in [0.717, 1.165) is 37.9 Å². The van der Waals surface area contributed by atoms with Crippen LogP contribution in [-0.2, 0) is 30.7 Å². The minimum atomic E-state index is -1.18. The fourth-order valence-corrected chi connectivity index (χ4v) is 7.31. The molecule has 2 N–H and O–H groups in total. The second-order valence-corrected chi connectivity index (χ2v) is 12.4. The van der Waals surface area contributed by atoms with Crippen LogP contribution in [0, 0.1) is 5.82 Å². The second kappa shape index (κ2) is 11.3. The number of nitrogens with one attached hydrogen (secondary N) is 2. The number of benzene rings is 2. The number of piperidine rings is 1. The van der Waals surface area contributed by atoms with Crippen molar-refractivity contribution >= 4 is 28.3 Å². The summed E-state index contributed by atoms with van der Waals surface area (Å²) in [5.74, 6) is -0.987. The van der Waals surface area contributed by atoms with Gasteiger partial charge in [-0.1, -0.05) is 25.1 Å². The van der Waals surface area contributed by atoms with E-state index in [4.69, 9.17) is 0 Å². The largest absolute Gasteiger partial charge is 0.331 e. The lowest BCUT2D eigenvalue weighted by atomic mass is 9.85. The number of hydrogen-bond donors (Lipinski definition) is 2. The zero-order chi connectivity index (χ0) is 29.7. The lowest BCUT2D eigenvalue weighted by Gasteiger charge is -2.26. The maximum atomic E-state index is 15.8. The monoisotopic (exact) mass is 602 g/mol. The second-order valence-electron chi connectivity index (χ2n) is 11.5. The Morgan fingerprint density at radius 1 is 1.19 bits per heavy atom. The SMILES string of the molecule is CCc1cc(-c2cc(F)c3c(c2)C(=O)N(C(C(=O)Nc2nccs2)c2ncn4c2C[C@@H](F)C4)C3)ccc1C1CCNCC1. The van der Waals surface area contributed by atoms with E-state index in [9.17, 15) is 14.0 Å². The third-order valence-corrected chi connectivity index (χ3v) is 9.61. The summed E-state index contributed by atoms with van der Waals surface area (Å²) < 4.78 is 31.8. The van der Waals surface area contributed by atoms with Crippen LogP contribution >= 0.6 is 11.3 Å². The molecule has 222 valence electrons. The molecule has 43 heavy (non-hydrogen) atoms. The van der Waals surface area contributed by atoms with E-state index < -0.39 is 29.8 Å². The van der Waals surface area contributed by atoms with Crippen molar-refractivity contribution in [2.24, 2.45) is 0 Å². The standard InChI is InChI=1S/C32H32F2N6O2S/c1-2-18-11-20(3-4-23(18)19-5-7-35-8-6-19)21-12-24-25(26(34)13-21)16-40(31(24)42)29(30(41)38-32-36-9-10-43-32)28-27-14-22(33)15-39(27)17-37-28/h3-4,9-13,17,19,22,29,35H,2,5-8,14-16H2,1H3,(H,36,38,41)/t22-,29?/m1/s1. The van der Waals surface area contributed by atoms with Gasteiger partial charge in [-0.15, -0.1) is 11.3 Å². The first-order valence-electron chi connectivity index (χ1n) is 14.8. The number of fused-ring (bicyclic) bond motifs is 2. The Labute approximate surface area is 252 Å². The third-order valence-electron chi connectivity index (χ3n) is 8.92. The van der Waals surface area contributed by atoms with Gasteiger partial charge in [-0.3, -0.25) is 14.9 Å². The molecule has 0 bridgehead atoms. The predicted molar refractivity (Wildman–Crippen MR) is 160 cm³/mol. The molecule has 7 rings (SSSR count). The molecule has 0 radical (unpaired) electrons. The number of aromatic nitrogens is 3. The Hall–Kier alpha value is -3.96. The minimum Gasteiger partial charge on any atom is -0.331 e. The van der Waals surface area contributed by atoms with E-state index >= 15 is 4.39 Å². The van der Waals surface area contributed by atoms with E-state index in [1.807, 2.05) is 6.07 Å². The summed E-state index contributed by atoms with van der Waals surface area (Å²) >= 11 is 1.24. The van der Waals surface area contributed by atoms with E-state index in [1.54, 1.807) is 22.2 Å². The first kappa shape index (κ1) is 27.8. The van der Waals surface area contributed by atoms with Crippen LogP contribution in [0.4, 0.5) is 13.9 Å². The van der Waals surface area contributed by atoms with Crippen LogP contribution < -0.4 is 10.6 Å². The number of amides is 2. The molecule has 2 aromatic carbocycles. The first-order chi connectivity index (χ1) is 20.9. The van der Waals surface area contributed by atoms with Crippen molar-refractivity contribution in [3.8, 4) is 11.1 Å². The van der Waals surface area contributed by atoms with Gasteiger partial charge in [-0.25, -0.2) is 18.7 Å². The van der Waals surface area contributed by atoms with E-state index in [2.05, 4.69) is 39.7 Å². The highest BCUT2D eigenvalue weighted by Gasteiger charge is 2.43. The minimum absolute atomic E-state index is 0.0942. The zero-order valence-corrected chi connectivity index (χ0v) is 24.6. The van der Waals surface area contributed by atoms with Crippen molar-refractivity contribution in [3.63, 3.8) is 0 Å². The van der Waals surface area contributed by atoms with Crippen LogP contribution in [-0.4, -0.2) is 50.5 Å². The number of anilines is 1. The molecule has 3 aliphatic rings. The number of thiazole rings is 1. The van der Waals surface area contributed by atoms with Crippen LogP contribution in [0.25, 0.3) is 11.1 Å². The molecule has 11 heteroatoms. The first-order valence-corrected chi connectivity index (χ1v) is 15.6. The number of nitrogens with zero attached hydrogens (tertiary/aromatic N) is 4. The molecule has 1 saturated heterocycles. The van der Waals surface area contributed by atoms with Gasteiger partial charge in [0.15, 0.2) is 11.2 Å². The predicted octanol–water partition coefficient (Wildman–Crippen LogP) is 5.41. The Bertz CT molecular complexity index is 1700. The Morgan fingerprint density at radius 3 is 2.79 bits per heavy atom. The summed E-state index contributed by atoms with van der Waals surface area (Å²) in [6.45, 7) is 4.18. The molecule has 5 heterocycles. The van der Waals surface area contributed by atoms with Crippen molar-refractivity contribution in [1.29, 1.82) is 0 Å². The van der Waals surface area contributed by atoms with Gasteiger partial charge in [0.25, 0.3) is 11.8 Å². The normalized spacial score (nSPS) is 19.0. The molecule has 0 aliphatic carbocycles. The Kier molecular flexibility index (Phi) is 7.30. The van der Waals surface area contributed by atoms with Crippen LogP contribution in [0.2, 0.25) is 0 Å². The highest BCUT2D eigenvalue weighted by atomic mass is 32.1. The summed E-state index contributed by atoms with van der Waals surface area (Å²) in [6.07, 6.45) is 5.10. The van der Waals surface area contributed by atoms with E-state index in [0.29, 0.717) is 28.0 Å². The molecular formula is C32H32F2N6O2S. The van der Waals surface area contributed by atoms with Gasteiger partial charge in [-0.05, 0) is 72.7 Å². The zero-order valence-electron chi connectivity index (χ0n) is 23.8. The van der Waals surface area contributed by atoms with Crippen LogP contribution in [0.3, 0.4) is 0 Å². The van der Waals surface area contributed by atoms with Gasteiger partial charge in [0.1, 0.15) is 12.0 Å². The molecule has 1 fully saturated rings. The number of rotatable bonds is 7. The quantitative estimate of drug-likeness (QED) is 0.296. The molecule has 2 atom stereocenters. The molecule has 1 unspecified atom stereocenters. The third kappa shape index (κ3) is 5.04. The number of imidazole rings is 1. The van der Waals surface area contributed by atoms with Crippen LogP contribution in [0.1, 0.15) is 70.2 Å². The lowest BCUT2D eigenvalue weighted by molar-refractivity contribution is -0.121. The van der Waals surface area contributed by atoms with Crippen molar-refractivity contribution in [1.82, 2.24) is 24.8 Å². The number of halogens is 2. The topological polar surface area (TPSA) is 92.2 Å². The van der Waals surface area contributed by atoms with Crippen molar-refractivity contribution < 1.29 is 18.4 Å². The number of aryl methyl sites for hydroxylation is 1. The number of carbonyl (C=O) groups is 2. The van der Waals surface area contributed by atoms with Gasteiger partial charge >= 0.3 is 0 Å².